The second kappa shape index (κ2) is 6.53. The SMILES string of the molecule is CC(C)C(CO)N(C)Cc1ccc2c(c1)CCCC2. The largest absolute Gasteiger partial charge is 0.395 e. The predicted octanol–water partition coefficient (Wildman–Crippen LogP) is 3.01. The van der Waals surface area contributed by atoms with Crippen LogP contribution >= 0.6 is 0 Å². The van der Waals surface area contributed by atoms with Gasteiger partial charge >= 0.3 is 0 Å². The number of likely N-dealkylation sites (N-methyl/N-ethyl adjacent to an activating group) is 1. The second-order valence-corrected chi connectivity index (χ2v) is 6.22. The minimum absolute atomic E-state index is 0.235. The number of rotatable bonds is 5. The summed E-state index contributed by atoms with van der Waals surface area (Å²) in [6.07, 6.45) is 5.15. The highest BCUT2D eigenvalue weighted by molar-refractivity contribution is 5.33. The van der Waals surface area contributed by atoms with Gasteiger partial charge in [0.2, 0.25) is 0 Å². The first-order valence-electron chi connectivity index (χ1n) is 7.53. The highest BCUT2D eigenvalue weighted by Crippen LogP contribution is 2.23. The Balaban J connectivity index is 2.06. The quantitative estimate of drug-likeness (QED) is 0.880. The van der Waals surface area contributed by atoms with Crippen LogP contribution in [0.3, 0.4) is 0 Å². The van der Waals surface area contributed by atoms with Crippen molar-refractivity contribution in [2.75, 3.05) is 13.7 Å². The lowest BCUT2D eigenvalue weighted by Gasteiger charge is -2.30. The lowest BCUT2D eigenvalue weighted by atomic mass is 9.90. The Bertz CT molecular complexity index is 414. The maximum Gasteiger partial charge on any atom is 0.0589 e. The molecule has 0 bridgehead atoms. The Morgan fingerprint density at radius 2 is 1.84 bits per heavy atom. The predicted molar refractivity (Wildman–Crippen MR) is 80.3 cm³/mol. The topological polar surface area (TPSA) is 23.5 Å². The molecular weight excluding hydrogens is 234 g/mol. The molecule has 0 fully saturated rings. The summed E-state index contributed by atoms with van der Waals surface area (Å²) in [6, 6.07) is 7.19. The molecule has 1 atom stereocenters. The summed E-state index contributed by atoms with van der Waals surface area (Å²) >= 11 is 0. The van der Waals surface area contributed by atoms with Crippen LogP contribution in [0.2, 0.25) is 0 Å². The van der Waals surface area contributed by atoms with E-state index >= 15 is 0 Å². The van der Waals surface area contributed by atoms with Gasteiger partial charge in [-0.15, -0.1) is 0 Å². The monoisotopic (exact) mass is 261 g/mol. The third-order valence-corrected chi connectivity index (χ3v) is 4.37. The minimum Gasteiger partial charge on any atom is -0.395 e. The molecular formula is C17H27NO. The smallest absolute Gasteiger partial charge is 0.0589 e. The molecule has 2 nitrogen and oxygen atoms in total. The summed E-state index contributed by atoms with van der Waals surface area (Å²) in [5, 5.41) is 9.50. The van der Waals surface area contributed by atoms with Crippen LogP contribution in [0.1, 0.15) is 43.4 Å². The summed E-state index contributed by atoms with van der Waals surface area (Å²) in [7, 11) is 2.11. The number of benzene rings is 1. The molecule has 1 aliphatic carbocycles. The fraction of sp³-hybridized carbons (Fsp3) is 0.647. The summed E-state index contributed by atoms with van der Waals surface area (Å²) < 4.78 is 0. The average Bonchev–Trinajstić information content (AvgIpc) is 2.39. The molecule has 0 aromatic heterocycles. The van der Waals surface area contributed by atoms with Gasteiger partial charge < -0.3 is 5.11 Å². The molecule has 0 radical (unpaired) electrons. The molecule has 0 aliphatic heterocycles. The van der Waals surface area contributed by atoms with Crippen molar-refractivity contribution in [3.8, 4) is 0 Å². The van der Waals surface area contributed by atoms with E-state index in [0.717, 1.165) is 6.54 Å². The standard InChI is InChI=1S/C17H27NO/c1-13(2)17(12-19)18(3)11-14-8-9-15-6-4-5-7-16(15)10-14/h8-10,13,17,19H,4-7,11-12H2,1-3H3. The van der Waals surface area contributed by atoms with Gasteiger partial charge in [0.25, 0.3) is 0 Å². The van der Waals surface area contributed by atoms with Crippen molar-refractivity contribution in [3.63, 3.8) is 0 Å². The van der Waals surface area contributed by atoms with Crippen molar-refractivity contribution in [1.82, 2.24) is 4.90 Å². The molecule has 1 aromatic carbocycles. The highest BCUT2D eigenvalue weighted by Gasteiger charge is 2.18. The van der Waals surface area contributed by atoms with Crippen molar-refractivity contribution in [3.05, 3.63) is 34.9 Å². The maximum absolute atomic E-state index is 9.50. The molecule has 0 saturated carbocycles. The van der Waals surface area contributed by atoms with E-state index in [1.165, 1.54) is 31.2 Å². The minimum atomic E-state index is 0.235. The molecule has 1 unspecified atom stereocenters. The van der Waals surface area contributed by atoms with Gasteiger partial charge in [-0.05, 0) is 55.3 Å². The van der Waals surface area contributed by atoms with Crippen LogP contribution < -0.4 is 0 Å². The first kappa shape index (κ1) is 14.5. The number of hydrogen-bond donors (Lipinski definition) is 1. The van der Waals surface area contributed by atoms with E-state index in [0.29, 0.717) is 5.92 Å². The van der Waals surface area contributed by atoms with Crippen molar-refractivity contribution < 1.29 is 5.11 Å². The summed E-state index contributed by atoms with van der Waals surface area (Å²) in [5.74, 6) is 0.479. The van der Waals surface area contributed by atoms with Crippen molar-refractivity contribution in [1.29, 1.82) is 0 Å². The number of aliphatic hydroxyl groups is 1. The third-order valence-electron chi connectivity index (χ3n) is 4.37. The van der Waals surface area contributed by atoms with Crippen LogP contribution in [-0.4, -0.2) is 29.7 Å². The van der Waals surface area contributed by atoms with E-state index in [9.17, 15) is 5.11 Å². The van der Waals surface area contributed by atoms with E-state index in [1.807, 2.05) is 0 Å². The van der Waals surface area contributed by atoms with Gasteiger partial charge in [0.1, 0.15) is 0 Å². The fourth-order valence-corrected chi connectivity index (χ4v) is 3.15. The third kappa shape index (κ3) is 3.58. The summed E-state index contributed by atoms with van der Waals surface area (Å²) in [5.41, 5.74) is 4.46. The van der Waals surface area contributed by atoms with Gasteiger partial charge in [-0.2, -0.15) is 0 Å². The summed E-state index contributed by atoms with van der Waals surface area (Å²) in [4.78, 5) is 2.27. The van der Waals surface area contributed by atoms with E-state index in [4.69, 9.17) is 0 Å². The maximum atomic E-state index is 9.50. The molecule has 0 amide bonds. The van der Waals surface area contributed by atoms with E-state index in [-0.39, 0.29) is 12.6 Å². The Kier molecular flexibility index (Phi) is 5.00. The lowest BCUT2D eigenvalue weighted by molar-refractivity contribution is 0.108. The second-order valence-electron chi connectivity index (χ2n) is 6.22. The van der Waals surface area contributed by atoms with Crippen molar-refractivity contribution in [2.45, 2.75) is 52.1 Å². The Morgan fingerprint density at radius 3 is 2.47 bits per heavy atom. The van der Waals surface area contributed by atoms with Crippen molar-refractivity contribution >= 4 is 0 Å². The Hall–Kier alpha value is -0.860. The Morgan fingerprint density at radius 1 is 1.16 bits per heavy atom. The van der Waals surface area contributed by atoms with Gasteiger partial charge in [0.15, 0.2) is 0 Å². The zero-order chi connectivity index (χ0) is 13.8. The number of hydrogen-bond acceptors (Lipinski definition) is 2. The molecule has 0 heterocycles. The molecule has 1 N–H and O–H groups in total. The van der Waals surface area contributed by atoms with Crippen LogP contribution in [0.25, 0.3) is 0 Å². The van der Waals surface area contributed by atoms with Gasteiger partial charge in [-0.3, -0.25) is 4.90 Å². The van der Waals surface area contributed by atoms with E-state index in [2.05, 4.69) is 44.0 Å². The molecule has 2 heteroatoms. The van der Waals surface area contributed by atoms with E-state index < -0.39 is 0 Å². The van der Waals surface area contributed by atoms with Gasteiger partial charge in [-0.25, -0.2) is 0 Å². The number of aryl methyl sites for hydroxylation is 2. The summed E-state index contributed by atoms with van der Waals surface area (Å²) in [6.45, 7) is 5.50. The molecule has 106 valence electrons. The van der Waals surface area contributed by atoms with Crippen LogP contribution in [0, 0.1) is 5.92 Å². The van der Waals surface area contributed by atoms with Crippen LogP contribution in [0.5, 0.6) is 0 Å². The van der Waals surface area contributed by atoms with Crippen molar-refractivity contribution in [2.24, 2.45) is 5.92 Å². The molecule has 1 aliphatic rings. The zero-order valence-corrected chi connectivity index (χ0v) is 12.5. The van der Waals surface area contributed by atoms with Crippen LogP contribution in [0.15, 0.2) is 18.2 Å². The normalized spacial score (nSPS) is 16.7. The molecule has 0 saturated heterocycles. The lowest BCUT2D eigenvalue weighted by Crippen LogP contribution is -2.38. The van der Waals surface area contributed by atoms with Gasteiger partial charge in [-0.1, -0.05) is 32.0 Å². The van der Waals surface area contributed by atoms with E-state index in [1.54, 1.807) is 11.1 Å². The number of nitrogens with zero attached hydrogens (tertiary/aromatic N) is 1. The molecule has 0 spiro atoms. The number of fused-ring (bicyclic) bond motifs is 1. The Labute approximate surface area is 117 Å². The molecule has 1 aromatic rings. The van der Waals surface area contributed by atoms with Crippen LogP contribution in [-0.2, 0) is 19.4 Å². The number of aliphatic hydroxyl groups excluding tert-OH is 1. The first-order chi connectivity index (χ1) is 9.11. The van der Waals surface area contributed by atoms with Gasteiger partial charge in [0, 0.05) is 12.6 Å². The van der Waals surface area contributed by atoms with Gasteiger partial charge in [0.05, 0.1) is 6.61 Å². The molecule has 19 heavy (non-hydrogen) atoms. The zero-order valence-electron chi connectivity index (χ0n) is 12.5. The van der Waals surface area contributed by atoms with Crippen LogP contribution in [0.4, 0.5) is 0 Å². The fourth-order valence-electron chi connectivity index (χ4n) is 3.15. The first-order valence-corrected chi connectivity index (χ1v) is 7.53. The average molecular weight is 261 g/mol. The molecule has 2 rings (SSSR count). The highest BCUT2D eigenvalue weighted by atomic mass is 16.3.